The third-order valence-corrected chi connectivity index (χ3v) is 4.15. The van der Waals surface area contributed by atoms with E-state index in [0.717, 1.165) is 22.7 Å². The summed E-state index contributed by atoms with van der Waals surface area (Å²) in [6, 6.07) is 13.1. The van der Waals surface area contributed by atoms with Gasteiger partial charge in [0.2, 0.25) is 5.95 Å². The molecule has 6 nitrogen and oxygen atoms in total. The van der Waals surface area contributed by atoms with Gasteiger partial charge in [0.05, 0.1) is 0 Å². The number of benzene rings is 2. The average Bonchev–Trinajstić information content (AvgIpc) is 2.65. The van der Waals surface area contributed by atoms with Crippen LogP contribution in [0.2, 0.25) is 5.02 Å². The quantitative estimate of drug-likeness (QED) is 0.695. The molecule has 0 saturated heterocycles. The topological polar surface area (TPSA) is 68.3 Å². The molecule has 0 unspecified atom stereocenters. The van der Waals surface area contributed by atoms with Crippen LogP contribution < -0.4 is 20.1 Å². The summed E-state index contributed by atoms with van der Waals surface area (Å²) < 4.78 is 11.1. The van der Waals surface area contributed by atoms with Gasteiger partial charge in [-0.3, -0.25) is 0 Å². The van der Waals surface area contributed by atoms with Crippen molar-refractivity contribution in [2.75, 3.05) is 23.8 Å². The Kier molecular flexibility index (Phi) is 4.50. The predicted molar refractivity (Wildman–Crippen MR) is 102 cm³/mol. The highest BCUT2D eigenvalue weighted by Crippen LogP contribution is 2.33. The monoisotopic (exact) mass is 368 g/mol. The van der Waals surface area contributed by atoms with Gasteiger partial charge in [-0.15, -0.1) is 0 Å². The van der Waals surface area contributed by atoms with E-state index in [1.807, 2.05) is 43.3 Å². The fraction of sp³-hybridized carbons (Fsp3) is 0.158. The van der Waals surface area contributed by atoms with E-state index in [0.29, 0.717) is 35.8 Å². The second-order valence-corrected chi connectivity index (χ2v) is 6.27. The number of halogens is 1. The number of hydrogen-bond donors (Lipinski definition) is 2. The molecule has 1 aliphatic heterocycles. The molecule has 0 radical (unpaired) electrons. The summed E-state index contributed by atoms with van der Waals surface area (Å²) in [4.78, 5) is 8.77. The van der Waals surface area contributed by atoms with Crippen molar-refractivity contribution >= 4 is 34.7 Å². The van der Waals surface area contributed by atoms with Crippen LogP contribution in [-0.4, -0.2) is 23.2 Å². The molecule has 0 atom stereocenters. The molecule has 3 aromatic rings. The Labute approximate surface area is 156 Å². The molecule has 2 N–H and O–H groups in total. The maximum absolute atomic E-state index is 6.07. The van der Waals surface area contributed by atoms with Crippen molar-refractivity contribution < 1.29 is 9.47 Å². The number of ether oxygens (including phenoxy) is 2. The van der Waals surface area contributed by atoms with Crippen molar-refractivity contribution in [2.45, 2.75) is 6.92 Å². The van der Waals surface area contributed by atoms with Gasteiger partial charge in [0, 0.05) is 28.7 Å². The average molecular weight is 369 g/mol. The predicted octanol–water partition coefficient (Wildman–Crippen LogP) is 4.70. The molecule has 0 amide bonds. The van der Waals surface area contributed by atoms with Gasteiger partial charge in [-0.2, -0.15) is 4.98 Å². The smallest absolute Gasteiger partial charge is 0.229 e. The molecule has 1 aliphatic rings. The Bertz CT molecular complexity index is 949. The van der Waals surface area contributed by atoms with Crippen LogP contribution in [0.15, 0.2) is 48.7 Å². The van der Waals surface area contributed by atoms with E-state index in [1.54, 1.807) is 12.3 Å². The summed E-state index contributed by atoms with van der Waals surface area (Å²) in [7, 11) is 0. The zero-order valence-corrected chi connectivity index (χ0v) is 14.9. The van der Waals surface area contributed by atoms with E-state index in [4.69, 9.17) is 21.1 Å². The molecule has 132 valence electrons. The Hall–Kier alpha value is -2.99. The normalized spacial score (nSPS) is 12.5. The zero-order chi connectivity index (χ0) is 17.9. The molecule has 4 rings (SSSR count). The summed E-state index contributed by atoms with van der Waals surface area (Å²) in [6.07, 6.45) is 1.69. The van der Waals surface area contributed by atoms with Gasteiger partial charge in [0.15, 0.2) is 11.5 Å². The lowest BCUT2D eigenvalue weighted by Crippen LogP contribution is -2.15. The first-order chi connectivity index (χ1) is 12.7. The molecule has 7 heteroatoms. The van der Waals surface area contributed by atoms with Gasteiger partial charge in [-0.25, -0.2) is 4.98 Å². The van der Waals surface area contributed by atoms with Crippen LogP contribution in [0.5, 0.6) is 11.5 Å². The van der Waals surface area contributed by atoms with E-state index in [9.17, 15) is 0 Å². The molecule has 2 aromatic carbocycles. The van der Waals surface area contributed by atoms with Gasteiger partial charge in [0.25, 0.3) is 0 Å². The third kappa shape index (κ3) is 3.65. The van der Waals surface area contributed by atoms with Crippen LogP contribution in [0.1, 0.15) is 5.56 Å². The number of nitrogens with one attached hydrogen (secondary N) is 2. The second-order valence-electron chi connectivity index (χ2n) is 5.83. The number of aryl methyl sites for hydroxylation is 1. The van der Waals surface area contributed by atoms with Gasteiger partial charge in [-0.1, -0.05) is 17.7 Å². The molecule has 0 bridgehead atoms. The van der Waals surface area contributed by atoms with E-state index in [2.05, 4.69) is 20.6 Å². The highest BCUT2D eigenvalue weighted by molar-refractivity contribution is 6.30. The molecule has 26 heavy (non-hydrogen) atoms. The molecular formula is C19H17ClN4O2. The van der Waals surface area contributed by atoms with Crippen LogP contribution in [0, 0.1) is 6.92 Å². The number of rotatable bonds is 4. The highest BCUT2D eigenvalue weighted by atomic mass is 35.5. The summed E-state index contributed by atoms with van der Waals surface area (Å²) >= 11 is 6.07. The Morgan fingerprint density at radius 3 is 2.69 bits per heavy atom. The Morgan fingerprint density at radius 2 is 1.81 bits per heavy atom. The first kappa shape index (κ1) is 16.5. The van der Waals surface area contributed by atoms with E-state index in [1.165, 1.54) is 0 Å². The minimum atomic E-state index is 0.478. The van der Waals surface area contributed by atoms with Crippen LogP contribution >= 0.6 is 11.6 Å². The van der Waals surface area contributed by atoms with Crippen molar-refractivity contribution in [3.05, 3.63) is 59.2 Å². The van der Waals surface area contributed by atoms with Crippen molar-refractivity contribution in [1.82, 2.24) is 9.97 Å². The van der Waals surface area contributed by atoms with Crippen LogP contribution in [0.25, 0.3) is 0 Å². The molecule has 0 saturated carbocycles. The Balaban J connectivity index is 1.53. The number of aromatic nitrogens is 2. The van der Waals surface area contributed by atoms with Gasteiger partial charge < -0.3 is 20.1 Å². The minimum Gasteiger partial charge on any atom is -0.486 e. The van der Waals surface area contributed by atoms with Gasteiger partial charge in [-0.05, 0) is 42.8 Å². The van der Waals surface area contributed by atoms with Crippen molar-refractivity contribution in [3.63, 3.8) is 0 Å². The highest BCUT2D eigenvalue weighted by Gasteiger charge is 2.12. The fourth-order valence-electron chi connectivity index (χ4n) is 2.61. The van der Waals surface area contributed by atoms with Crippen LogP contribution in [-0.2, 0) is 0 Å². The lowest BCUT2D eigenvalue weighted by molar-refractivity contribution is 0.171. The maximum Gasteiger partial charge on any atom is 0.229 e. The number of fused-ring (bicyclic) bond motifs is 1. The molecule has 0 fully saturated rings. The van der Waals surface area contributed by atoms with Crippen molar-refractivity contribution in [3.8, 4) is 11.5 Å². The first-order valence-corrected chi connectivity index (χ1v) is 8.58. The molecule has 2 heterocycles. The third-order valence-electron chi connectivity index (χ3n) is 3.92. The molecule has 0 aliphatic carbocycles. The largest absolute Gasteiger partial charge is 0.486 e. The summed E-state index contributed by atoms with van der Waals surface area (Å²) in [5.41, 5.74) is 2.81. The molecule has 1 aromatic heterocycles. The first-order valence-electron chi connectivity index (χ1n) is 8.20. The molecular weight excluding hydrogens is 352 g/mol. The van der Waals surface area contributed by atoms with Crippen LogP contribution in [0.3, 0.4) is 0 Å². The Morgan fingerprint density at radius 1 is 0.962 bits per heavy atom. The van der Waals surface area contributed by atoms with E-state index < -0.39 is 0 Å². The van der Waals surface area contributed by atoms with E-state index in [-0.39, 0.29) is 0 Å². The maximum atomic E-state index is 6.07. The van der Waals surface area contributed by atoms with E-state index >= 15 is 0 Å². The number of nitrogens with zero attached hydrogens (tertiary/aromatic N) is 2. The van der Waals surface area contributed by atoms with Crippen molar-refractivity contribution in [2.24, 2.45) is 0 Å². The lowest BCUT2D eigenvalue weighted by Gasteiger charge is -2.19. The summed E-state index contributed by atoms with van der Waals surface area (Å²) in [6.45, 7) is 3.12. The summed E-state index contributed by atoms with van der Waals surface area (Å²) in [5.74, 6) is 2.61. The number of anilines is 4. The second kappa shape index (κ2) is 7.09. The standard InChI is InChI=1S/C19H17ClN4O2/c1-12-2-3-13(20)10-15(12)23-18-6-7-21-19(24-18)22-14-4-5-16-17(11-14)26-9-8-25-16/h2-7,10-11H,8-9H2,1H3,(H2,21,22,23,24). The molecule has 0 spiro atoms. The summed E-state index contributed by atoms with van der Waals surface area (Å²) in [5, 5.41) is 7.12. The zero-order valence-electron chi connectivity index (χ0n) is 14.1. The fourth-order valence-corrected chi connectivity index (χ4v) is 2.78. The minimum absolute atomic E-state index is 0.478. The number of hydrogen-bond acceptors (Lipinski definition) is 6. The van der Waals surface area contributed by atoms with Gasteiger partial charge in [0.1, 0.15) is 19.0 Å². The SMILES string of the molecule is Cc1ccc(Cl)cc1Nc1ccnc(Nc2ccc3c(c2)OCCO3)n1. The lowest BCUT2D eigenvalue weighted by atomic mass is 10.2. The van der Waals surface area contributed by atoms with Gasteiger partial charge >= 0.3 is 0 Å². The van der Waals surface area contributed by atoms with Crippen molar-refractivity contribution in [1.29, 1.82) is 0 Å². The van der Waals surface area contributed by atoms with Crippen LogP contribution in [0.4, 0.5) is 23.1 Å².